The molecule has 0 spiro atoms. The first kappa shape index (κ1) is 16.7. The van der Waals surface area contributed by atoms with Gasteiger partial charge < -0.3 is 18.7 Å². The van der Waals surface area contributed by atoms with Crippen molar-refractivity contribution in [2.24, 2.45) is 7.05 Å². The number of carbonyl (C=O) groups is 1. The van der Waals surface area contributed by atoms with Gasteiger partial charge in [0.15, 0.2) is 5.82 Å². The van der Waals surface area contributed by atoms with Gasteiger partial charge in [-0.2, -0.15) is 4.98 Å². The number of fused-ring (bicyclic) bond motifs is 1. The molecule has 4 rings (SSSR count). The van der Waals surface area contributed by atoms with Crippen molar-refractivity contribution >= 4 is 16.9 Å². The van der Waals surface area contributed by atoms with Gasteiger partial charge in [-0.15, -0.1) is 0 Å². The van der Waals surface area contributed by atoms with E-state index < -0.39 is 0 Å². The van der Waals surface area contributed by atoms with Crippen LogP contribution in [0.4, 0.5) is 0 Å². The lowest BCUT2D eigenvalue weighted by Crippen LogP contribution is -2.34. The molecule has 1 aromatic carbocycles. The molecule has 0 bridgehead atoms. The zero-order chi connectivity index (χ0) is 18.1. The van der Waals surface area contributed by atoms with Gasteiger partial charge in [0.1, 0.15) is 19.0 Å². The first-order valence-electron chi connectivity index (χ1n) is 8.71. The van der Waals surface area contributed by atoms with E-state index in [9.17, 15) is 4.79 Å². The number of imidazole rings is 1. The smallest absolute Gasteiger partial charge is 0.252 e. The first-order valence-corrected chi connectivity index (χ1v) is 8.71. The second-order valence-corrected chi connectivity index (χ2v) is 6.49. The molecule has 136 valence electrons. The van der Waals surface area contributed by atoms with Crippen molar-refractivity contribution in [3.05, 3.63) is 41.8 Å². The molecule has 1 unspecified atom stereocenters. The third kappa shape index (κ3) is 3.08. The molecular weight excluding hydrogens is 334 g/mol. The molecule has 1 atom stereocenters. The topological polar surface area (TPSA) is 86.3 Å². The van der Waals surface area contributed by atoms with Gasteiger partial charge in [0.25, 0.3) is 5.89 Å². The summed E-state index contributed by atoms with van der Waals surface area (Å²) in [4.78, 5) is 23.3. The molecule has 0 N–H and O–H groups in total. The molecule has 1 aliphatic rings. The van der Waals surface area contributed by atoms with Crippen LogP contribution >= 0.6 is 0 Å². The third-order valence-corrected chi connectivity index (χ3v) is 4.71. The van der Waals surface area contributed by atoms with Crippen LogP contribution in [0.25, 0.3) is 11.0 Å². The van der Waals surface area contributed by atoms with Gasteiger partial charge in [0.2, 0.25) is 5.91 Å². The SMILES string of the molecule is Cc1noc(COCC(=O)N2CCCC2c2nc3ccccc3n2C)n1. The van der Waals surface area contributed by atoms with Gasteiger partial charge in [-0.1, -0.05) is 17.3 Å². The Morgan fingerprint density at radius 2 is 2.19 bits per heavy atom. The predicted octanol–water partition coefficient (Wildman–Crippen LogP) is 2.15. The summed E-state index contributed by atoms with van der Waals surface area (Å²) in [5.41, 5.74) is 2.03. The Morgan fingerprint density at radius 1 is 1.35 bits per heavy atom. The first-order chi connectivity index (χ1) is 12.6. The van der Waals surface area contributed by atoms with Gasteiger partial charge in [0, 0.05) is 13.6 Å². The van der Waals surface area contributed by atoms with Crippen LogP contribution < -0.4 is 0 Å². The molecule has 8 nitrogen and oxygen atoms in total. The van der Waals surface area contributed by atoms with Gasteiger partial charge in [0.05, 0.1) is 17.1 Å². The standard InChI is InChI=1S/C18H21N5O3/c1-12-19-16(26-21-12)10-25-11-17(24)23-9-5-8-15(23)18-20-13-6-3-4-7-14(13)22(18)2/h3-4,6-7,15H,5,8-11H2,1-2H3. The van der Waals surface area contributed by atoms with E-state index in [0.29, 0.717) is 11.7 Å². The van der Waals surface area contributed by atoms with E-state index in [2.05, 4.69) is 14.7 Å². The second kappa shape index (κ2) is 6.87. The lowest BCUT2D eigenvalue weighted by molar-refractivity contribution is -0.138. The predicted molar refractivity (Wildman–Crippen MR) is 93.1 cm³/mol. The largest absolute Gasteiger partial charge is 0.362 e. The summed E-state index contributed by atoms with van der Waals surface area (Å²) in [7, 11) is 2.00. The highest BCUT2D eigenvalue weighted by atomic mass is 16.5. The molecule has 8 heteroatoms. The zero-order valence-corrected chi connectivity index (χ0v) is 14.9. The maximum Gasteiger partial charge on any atom is 0.252 e. The summed E-state index contributed by atoms with van der Waals surface area (Å²) < 4.78 is 12.5. The summed E-state index contributed by atoms with van der Waals surface area (Å²) in [5.74, 6) is 1.81. The molecule has 26 heavy (non-hydrogen) atoms. The minimum Gasteiger partial charge on any atom is -0.362 e. The average Bonchev–Trinajstić information content (AvgIpc) is 3.34. The molecule has 1 aliphatic heterocycles. The Morgan fingerprint density at radius 3 is 2.96 bits per heavy atom. The van der Waals surface area contributed by atoms with Crippen LogP contribution in [0.1, 0.15) is 36.4 Å². The van der Waals surface area contributed by atoms with E-state index in [-0.39, 0.29) is 25.2 Å². The van der Waals surface area contributed by atoms with Gasteiger partial charge >= 0.3 is 0 Å². The van der Waals surface area contributed by atoms with E-state index in [1.165, 1.54) is 0 Å². The lowest BCUT2D eigenvalue weighted by atomic mass is 10.2. The Balaban J connectivity index is 1.45. The maximum atomic E-state index is 12.6. The summed E-state index contributed by atoms with van der Waals surface area (Å²) in [6.45, 7) is 2.58. The maximum absolute atomic E-state index is 12.6. The van der Waals surface area contributed by atoms with Crippen LogP contribution in [0.5, 0.6) is 0 Å². The Bertz CT molecular complexity index is 932. The van der Waals surface area contributed by atoms with Crippen molar-refractivity contribution < 1.29 is 14.1 Å². The van der Waals surface area contributed by atoms with Crippen molar-refractivity contribution in [1.29, 1.82) is 0 Å². The highest BCUT2D eigenvalue weighted by Crippen LogP contribution is 2.32. The highest BCUT2D eigenvalue weighted by Gasteiger charge is 2.33. The summed E-state index contributed by atoms with van der Waals surface area (Å²) in [6.07, 6.45) is 1.87. The minimum absolute atomic E-state index is 0.0120. The van der Waals surface area contributed by atoms with E-state index in [1.807, 2.05) is 36.2 Å². The molecular formula is C18H21N5O3. The van der Waals surface area contributed by atoms with Crippen LogP contribution in [-0.2, 0) is 23.2 Å². The zero-order valence-electron chi connectivity index (χ0n) is 14.9. The molecule has 3 aromatic rings. The normalized spacial score (nSPS) is 17.3. The number of benzene rings is 1. The molecule has 0 radical (unpaired) electrons. The van der Waals surface area contributed by atoms with Crippen LogP contribution in [-0.4, -0.2) is 43.7 Å². The number of aromatic nitrogens is 4. The molecule has 1 saturated heterocycles. The van der Waals surface area contributed by atoms with Crippen molar-refractivity contribution in [2.75, 3.05) is 13.2 Å². The van der Waals surface area contributed by atoms with Crippen LogP contribution in [0.3, 0.4) is 0 Å². The van der Waals surface area contributed by atoms with Crippen LogP contribution in [0, 0.1) is 6.92 Å². The summed E-state index contributed by atoms with van der Waals surface area (Å²) in [5, 5.41) is 3.70. The van der Waals surface area contributed by atoms with E-state index in [1.54, 1.807) is 6.92 Å². The minimum atomic E-state index is -0.0456. The molecule has 1 fully saturated rings. The molecule has 2 aromatic heterocycles. The average molecular weight is 355 g/mol. The summed E-state index contributed by atoms with van der Waals surface area (Å²) >= 11 is 0. The Hall–Kier alpha value is -2.74. The highest BCUT2D eigenvalue weighted by molar-refractivity contribution is 5.79. The van der Waals surface area contributed by atoms with Crippen LogP contribution in [0.2, 0.25) is 0 Å². The number of amides is 1. The number of aryl methyl sites for hydroxylation is 2. The number of hydrogen-bond acceptors (Lipinski definition) is 6. The molecule has 3 heterocycles. The fraction of sp³-hybridized carbons (Fsp3) is 0.444. The number of likely N-dealkylation sites (tertiary alicyclic amines) is 1. The van der Waals surface area contributed by atoms with Gasteiger partial charge in [-0.05, 0) is 31.9 Å². The fourth-order valence-electron chi connectivity index (χ4n) is 3.50. The molecule has 0 saturated carbocycles. The van der Waals surface area contributed by atoms with Gasteiger partial charge in [-0.25, -0.2) is 4.98 Å². The Kier molecular flexibility index (Phi) is 4.42. The number of nitrogens with zero attached hydrogens (tertiary/aromatic N) is 5. The van der Waals surface area contributed by atoms with Crippen molar-refractivity contribution in [2.45, 2.75) is 32.4 Å². The Labute approximate surface area is 150 Å². The number of hydrogen-bond donors (Lipinski definition) is 0. The quantitative estimate of drug-likeness (QED) is 0.697. The fourth-order valence-corrected chi connectivity index (χ4v) is 3.50. The number of carbonyl (C=O) groups excluding carboxylic acids is 1. The van der Waals surface area contributed by atoms with E-state index in [0.717, 1.165) is 36.2 Å². The van der Waals surface area contributed by atoms with Crippen molar-refractivity contribution in [3.63, 3.8) is 0 Å². The molecule has 1 amide bonds. The lowest BCUT2D eigenvalue weighted by Gasteiger charge is -2.24. The second-order valence-electron chi connectivity index (χ2n) is 6.49. The third-order valence-electron chi connectivity index (χ3n) is 4.71. The van der Waals surface area contributed by atoms with E-state index >= 15 is 0 Å². The van der Waals surface area contributed by atoms with Crippen LogP contribution in [0.15, 0.2) is 28.8 Å². The summed E-state index contributed by atoms with van der Waals surface area (Å²) in [6, 6.07) is 7.99. The molecule has 0 aliphatic carbocycles. The van der Waals surface area contributed by atoms with Crippen molar-refractivity contribution in [3.8, 4) is 0 Å². The van der Waals surface area contributed by atoms with E-state index in [4.69, 9.17) is 14.2 Å². The number of ether oxygens (including phenoxy) is 1. The van der Waals surface area contributed by atoms with Gasteiger partial charge in [-0.3, -0.25) is 4.79 Å². The number of rotatable bonds is 5. The van der Waals surface area contributed by atoms with Crippen molar-refractivity contribution in [1.82, 2.24) is 24.6 Å². The monoisotopic (exact) mass is 355 g/mol. The number of para-hydroxylation sites is 2.